The Kier molecular flexibility index (Phi) is 8.31. The fourth-order valence-electron chi connectivity index (χ4n) is 4.47. The van der Waals surface area contributed by atoms with Crippen LogP contribution in [0.5, 0.6) is 0 Å². The highest BCUT2D eigenvalue weighted by molar-refractivity contribution is 5.95. The largest absolute Gasteiger partial charge is 0.378 e. The lowest BCUT2D eigenvalue weighted by Gasteiger charge is -2.28. The van der Waals surface area contributed by atoms with E-state index in [1.165, 1.54) is 12.4 Å². The van der Waals surface area contributed by atoms with E-state index in [4.69, 9.17) is 25.6 Å². The van der Waals surface area contributed by atoms with Gasteiger partial charge >= 0.3 is 5.97 Å². The van der Waals surface area contributed by atoms with Crippen LogP contribution in [0.25, 0.3) is 22.6 Å². The van der Waals surface area contributed by atoms with Crippen LogP contribution in [0.3, 0.4) is 0 Å². The average molecular weight is 561 g/mol. The van der Waals surface area contributed by atoms with Crippen LogP contribution in [0.15, 0.2) is 36.7 Å². The molecule has 4 heterocycles. The lowest BCUT2D eigenvalue weighted by molar-refractivity contribution is 0.0502. The Morgan fingerprint density at radius 3 is 2.59 bits per heavy atom. The highest BCUT2D eigenvalue weighted by Crippen LogP contribution is 2.29. The summed E-state index contributed by atoms with van der Waals surface area (Å²) in [5.41, 5.74) is 2.75. The second-order valence-corrected chi connectivity index (χ2v) is 9.60. The number of ether oxygens (including phenoxy) is 1. The lowest BCUT2D eigenvalue weighted by atomic mass is 10.1. The van der Waals surface area contributed by atoms with Crippen molar-refractivity contribution in [1.82, 2.24) is 34.8 Å². The fourth-order valence-corrected chi connectivity index (χ4v) is 4.47. The molecule has 1 saturated heterocycles. The van der Waals surface area contributed by atoms with Gasteiger partial charge in [-0.2, -0.15) is 5.90 Å². The lowest BCUT2D eigenvalue weighted by Crippen LogP contribution is -2.37. The van der Waals surface area contributed by atoms with Crippen LogP contribution in [-0.2, 0) is 23.2 Å². The van der Waals surface area contributed by atoms with Crippen LogP contribution in [0.1, 0.15) is 39.9 Å². The van der Waals surface area contributed by atoms with E-state index in [1.54, 1.807) is 11.0 Å². The first kappa shape index (κ1) is 27.9. The number of rotatable bonds is 9. The van der Waals surface area contributed by atoms with Crippen LogP contribution in [-0.4, -0.2) is 81.3 Å². The van der Waals surface area contributed by atoms with Crippen molar-refractivity contribution in [3.63, 3.8) is 0 Å². The molecule has 0 spiro atoms. The third-order valence-electron chi connectivity index (χ3n) is 6.72. The molecule has 0 saturated carbocycles. The van der Waals surface area contributed by atoms with Crippen molar-refractivity contribution in [2.45, 2.75) is 19.9 Å². The number of aryl methyl sites for hydroxylation is 1. The number of aromatic nitrogens is 6. The summed E-state index contributed by atoms with van der Waals surface area (Å²) in [6.07, 6.45) is 3.56. The Hall–Kier alpha value is -4.69. The number of carbonyl (C=O) groups excluding carboxylic acids is 2. The number of nitrogens with zero attached hydrogens (tertiary/aromatic N) is 8. The molecule has 41 heavy (non-hydrogen) atoms. The van der Waals surface area contributed by atoms with Gasteiger partial charge in [-0.1, -0.05) is 19.1 Å². The molecule has 1 fully saturated rings. The van der Waals surface area contributed by atoms with E-state index in [0.717, 1.165) is 12.0 Å². The number of nitrogens with two attached hydrogens (primary N) is 1. The molecule has 3 N–H and O–H groups in total. The van der Waals surface area contributed by atoms with Gasteiger partial charge < -0.3 is 29.3 Å². The van der Waals surface area contributed by atoms with Crippen molar-refractivity contribution in [2.24, 2.45) is 12.9 Å². The summed E-state index contributed by atoms with van der Waals surface area (Å²) in [5, 5.41) is 2.92. The molecular weight excluding hydrogens is 528 g/mol. The van der Waals surface area contributed by atoms with Crippen molar-refractivity contribution in [3.8, 4) is 11.4 Å². The summed E-state index contributed by atoms with van der Waals surface area (Å²) in [6, 6.07) is 7.32. The normalized spacial score (nSPS) is 13.3. The van der Waals surface area contributed by atoms with E-state index >= 15 is 0 Å². The number of hydrogen-bond acceptors (Lipinski definition) is 12. The third kappa shape index (κ3) is 5.93. The van der Waals surface area contributed by atoms with Crippen molar-refractivity contribution in [1.29, 1.82) is 0 Å². The van der Waals surface area contributed by atoms with E-state index in [2.05, 4.69) is 25.0 Å². The van der Waals surface area contributed by atoms with Crippen molar-refractivity contribution in [2.75, 3.05) is 49.7 Å². The van der Waals surface area contributed by atoms with Gasteiger partial charge in [-0.05, 0) is 18.6 Å². The molecule has 0 atom stereocenters. The van der Waals surface area contributed by atoms with Crippen LogP contribution in [0.4, 0.5) is 11.8 Å². The number of benzene rings is 1. The van der Waals surface area contributed by atoms with Gasteiger partial charge in [0, 0.05) is 57.3 Å². The molecule has 0 bridgehead atoms. The van der Waals surface area contributed by atoms with Crippen molar-refractivity contribution in [3.05, 3.63) is 53.6 Å². The monoisotopic (exact) mass is 560 g/mol. The zero-order valence-corrected chi connectivity index (χ0v) is 23.2. The second-order valence-electron chi connectivity index (χ2n) is 9.60. The number of fused-ring (bicyclic) bond motifs is 1. The van der Waals surface area contributed by atoms with Gasteiger partial charge in [-0.15, -0.1) is 0 Å². The van der Waals surface area contributed by atoms with Gasteiger partial charge in [-0.25, -0.2) is 29.7 Å². The summed E-state index contributed by atoms with van der Waals surface area (Å²) in [7, 11) is 3.72. The van der Waals surface area contributed by atoms with Crippen LogP contribution < -0.4 is 21.0 Å². The van der Waals surface area contributed by atoms with Crippen LogP contribution in [0.2, 0.25) is 0 Å². The molecule has 3 aromatic heterocycles. The van der Waals surface area contributed by atoms with E-state index in [-0.39, 0.29) is 11.5 Å². The Morgan fingerprint density at radius 2 is 1.88 bits per heavy atom. The molecule has 214 valence electrons. The number of morpholine rings is 1. The summed E-state index contributed by atoms with van der Waals surface area (Å²) in [5.74, 6) is 6.40. The van der Waals surface area contributed by atoms with Gasteiger partial charge in [0.2, 0.25) is 5.95 Å². The smallest absolute Gasteiger partial charge is 0.359 e. The van der Waals surface area contributed by atoms with Crippen LogP contribution >= 0.6 is 0 Å². The first-order valence-electron chi connectivity index (χ1n) is 13.3. The van der Waals surface area contributed by atoms with Crippen molar-refractivity contribution < 1.29 is 19.2 Å². The number of imidazole rings is 1. The summed E-state index contributed by atoms with van der Waals surface area (Å²) in [4.78, 5) is 55.7. The average Bonchev–Trinajstić information content (AvgIpc) is 3.33. The van der Waals surface area contributed by atoms with E-state index in [0.29, 0.717) is 79.5 Å². The minimum atomic E-state index is -0.716. The maximum absolute atomic E-state index is 12.6. The Morgan fingerprint density at radius 1 is 1.12 bits per heavy atom. The topological polar surface area (TPSA) is 167 Å². The highest BCUT2D eigenvalue weighted by Gasteiger charge is 2.23. The van der Waals surface area contributed by atoms with Gasteiger partial charge in [0.1, 0.15) is 5.82 Å². The Bertz CT molecular complexity index is 1550. The predicted molar refractivity (Wildman–Crippen MR) is 151 cm³/mol. The molecule has 5 rings (SSSR count). The van der Waals surface area contributed by atoms with Gasteiger partial charge in [0.05, 0.1) is 25.3 Å². The molecule has 0 aliphatic carbocycles. The number of nitrogens with one attached hydrogen (secondary N) is 1. The van der Waals surface area contributed by atoms with Gasteiger partial charge in [-0.3, -0.25) is 4.79 Å². The second kappa shape index (κ2) is 12.2. The van der Waals surface area contributed by atoms with E-state index in [9.17, 15) is 9.59 Å². The highest BCUT2D eigenvalue weighted by atomic mass is 16.7. The molecule has 0 radical (unpaired) electrons. The number of carbonyl (C=O) groups is 2. The Labute approximate surface area is 236 Å². The number of anilines is 2. The van der Waals surface area contributed by atoms with E-state index < -0.39 is 5.97 Å². The van der Waals surface area contributed by atoms with Crippen molar-refractivity contribution >= 4 is 34.8 Å². The molecule has 14 heteroatoms. The molecule has 4 aromatic rings. The summed E-state index contributed by atoms with van der Waals surface area (Å²) >= 11 is 0. The minimum Gasteiger partial charge on any atom is -0.378 e. The maximum Gasteiger partial charge on any atom is 0.359 e. The third-order valence-corrected chi connectivity index (χ3v) is 6.72. The van der Waals surface area contributed by atoms with Crippen LogP contribution in [0, 0.1) is 0 Å². The molecular formula is C27H32N10O4. The van der Waals surface area contributed by atoms with Gasteiger partial charge in [0.25, 0.3) is 5.91 Å². The quantitative estimate of drug-likeness (QED) is 0.283. The summed E-state index contributed by atoms with van der Waals surface area (Å²) < 4.78 is 7.49. The minimum absolute atomic E-state index is 0.135. The van der Waals surface area contributed by atoms with E-state index in [1.807, 2.05) is 43.8 Å². The predicted octanol–water partition coefficient (Wildman–Crippen LogP) is 1.46. The summed E-state index contributed by atoms with van der Waals surface area (Å²) in [6.45, 7) is 5.48. The standard InChI is InChI=1S/C27H32N10O4/c1-4-8-29-25(38)18-7-5-6-17(13-18)22-33-23-21(24(34-22)37-9-11-40-12-10-37)32-20(36(23)3)16-35(2)27-30-14-19(15-31-27)26(39)41-28/h5-7,13-15H,4,8-12,16,28H2,1-3H3,(H,29,38). The zero-order chi connectivity index (χ0) is 28.9. The molecule has 1 aliphatic rings. The number of amides is 1. The Balaban J connectivity index is 1.51. The molecule has 1 aliphatic heterocycles. The maximum atomic E-state index is 12.6. The number of hydrogen-bond donors (Lipinski definition) is 2. The molecule has 0 unspecified atom stereocenters. The molecule has 1 aromatic carbocycles. The SMILES string of the molecule is CCCNC(=O)c1cccc(-c2nc(N3CCOCC3)c3nc(CN(C)c4ncc(C(=O)ON)cn4)n(C)c3n2)c1. The fraction of sp³-hybridized carbons (Fsp3) is 0.370. The first-order chi connectivity index (χ1) is 19.9. The first-order valence-corrected chi connectivity index (χ1v) is 13.3. The molecule has 1 amide bonds. The zero-order valence-electron chi connectivity index (χ0n) is 23.2. The van der Waals surface area contributed by atoms with Gasteiger partial charge in [0.15, 0.2) is 22.8 Å². The molecule has 14 nitrogen and oxygen atoms in total.